The number of aromatic nitrogens is 1. The predicted molar refractivity (Wildman–Crippen MR) is 60.9 cm³/mol. The minimum atomic E-state index is 0.166. The molecule has 0 aliphatic rings. The molecule has 1 unspecified atom stereocenters. The van der Waals surface area contributed by atoms with Gasteiger partial charge in [0.2, 0.25) is 0 Å². The van der Waals surface area contributed by atoms with E-state index in [2.05, 4.69) is 10.3 Å². The van der Waals surface area contributed by atoms with Gasteiger partial charge >= 0.3 is 0 Å². The van der Waals surface area contributed by atoms with E-state index in [0.29, 0.717) is 12.6 Å². The van der Waals surface area contributed by atoms with E-state index in [1.807, 2.05) is 32.0 Å². The van der Waals surface area contributed by atoms with Crippen LogP contribution in [0.1, 0.15) is 12.5 Å². The number of hydrogen-bond donors (Lipinski definition) is 2. The smallest absolute Gasteiger partial charge is 0.295 e. The highest BCUT2D eigenvalue weighted by molar-refractivity contribution is 5.75. The van der Waals surface area contributed by atoms with Crippen LogP contribution in [0.3, 0.4) is 0 Å². The zero-order chi connectivity index (χ0) is 10.8. The normalized spacial score (nSPS) is 13.0. The zero-order valence-electron chi connectivity index (χ0n) is 8.95. The van der Waals surface area contributed by atoms with Crippen LogP contribution in [0.2, 0.25) is 0 Å². The maximum atomic E-state index is 5.54. The molecule has 0 saturated carbocycles. The van der Waals surface area contributed by atoms with Crippen LogP contribution in [-0.4, -0.2) is 17.6 Å². The third-order valence-corrected chi connectivity index (χ3v) is 2.27. The van der Waals surface area contributed by atoms with Gasteiger partial charge in [0.05, 0.1) is 0 Å². The third-order valence-electron chi connectivity index (χ3n) is 2.27. The lowest BCUT2D eigenvalue weighted by Gasteiger charge is -2.07. The van der Waals surface area contributed by atoms with Gasteiger partial charge < -0.3 is 15.5 Å². The van der Waals surface area contributed by atoms with Crippen molar-refractivity contribution in [3.8, 4) is 0 Å². The Hall–Kier alpha value is -1.55. The monoisotopic (exact) mass is 205 g/mol. The lowest BCUT2D eigenvalue weighted by molar-refractivity contribution is 0.600. The van der Waals surface area contributed by atoms with Crippen LogP contribution in [0.15, 0.2) is 22.6 Å². The number of benzene rings is 1. The summed E-state index contributed by atoms with van der Waals surface area (Å²) in [5.41, 5.74) is 8.35. The van der Waals surface area contributed by atoms with Crippen molar-refractivity contribution >= 4 is 17.1 Å². The predicted octanol–water partition coefficient (Wildman–Crippen LogP) is 1.90. The molecule has 4 nitrogen and oxygen atoms in total. The first kappa shape index (κ1) is 9.98. The number of anilines is 1. The average molecular weight is 205 g/mol. The van der Waals surface area contributed by atoms with E-state index < -0.39 is 0 Å². The summed E-state index contributed by atoms with van der Waals surface area (Å²) in [5, 5.41) is 3.10. The molecule has 3 N–H and O–H groups in total. The highest BCUT2D eigenvalue weighted by Crippen LogP contribution is 2.20. The van der Waals surface area contributed by atoms with Gasteiger partial charge in [0.25, 0.3) is 6.01 Å². The van der Waals surface area contributed by atoms with Gasteiger partial charge in [-0.25, -0.2) is 0 Å². The fourth-order valence-corrected chi connectivity index (χ4v) is 1.36. The Morgan fingerprint density at radius 3 is 3.07 bits per heavy atom. The van der Waals surface area contributed by atoms with E-state index in [1.54, 1.807) is 0 Å². The van der Waals surface area contributed by atoms with Gasteiger partial charge in [0.15, 0.2) is 5.58 Å². The number of nitrogens with zero attached hydrogens (tertiary/aromatic N) is 1. The lowest BCUT2D eigenvalue weighted by atomic mass is 10.2. The minimum Gasteiger partial charge on any atom is -0.424 e. The van der Waals surface area contributed by atoms with Gasteiger partial charge in [-0.15, -0.1) is 0 Å². The van der Waals surface area contributed by atoms with Gasteiger partial charge in [-0.2, -0.15) is 4.98 Å². The minimum absolute atomic E-state index is 0.166. The van der Waals surface area contributed by atoms with Crippen molar-refractivity contribution in [3.63, 3.8) is 0 Å². The summed E-state index contributed by atoms with van der Waals surface area (Å²) in [6.07, 6.45) is 0. The number of aryl methyl sites for hydroxylation is 1. The van der Waals surface area contributed by atoms with Crippen molar-refractivity contribution < 1.29 is 4.42 Å². The number of hydrogen-bond acceptors (Lipinski definition) is 4. The Morgan fingerprint density at radius 2 is 2.33 bits per heavy atom. The molecule has 4 heteroatoms. The Bertz CT molecular complexity index is 464. The highest BCUT2D eigenvalue weighted by Gasteiger charge is 2.07. The number of nitrogens with one attached hydrogen (secondary N) is 1. The second-order valence-electron chi connectivity index (χ2n) is 3.77. The number of oxazole rings is 1. The van der Waals surface area contributed by atoms with Crippen LogP contribution in [0.5, 0.6) is 0 Å². The molecule has 1 atom stereocenters. The molecule has 0 fully saturated rings. The average Bonchev–Trinajstić information content (AvgIpc) is 2.59. The summed E-state index contributed by atoms with van der Waals surface area (Å²) < 4.78 is 5.54. The van der Waals surface area contributed by atoms with E-state index in [4.69, 9.17) is 10.2 Å². The van der Waals surface area contributed by atoms with Crippen molar-refractivity contribution in [3.05, 3.63) is 23.8 Å². The second-order valence-corrected chi connectivity index (χ2v) is 3.77. The van der Waals surface area contributed by atoms with Crippen LogP contribution in [0, 0.1) is 6.92 Å². The van der Waals surface area contributed by atoms with E-state index in [-0.39, 0.29) is 6.04 Å². The molecule has 2 aromatic rings. The molecular formula is C11H15N3O. The first-order chi connectivity index (χ1) is 7.19. The zero-order valence-corrected chi connectivity index (χ0v) is 8.95. The summed E-state index contributed by atoms with van der Waals surface area (Å²) in [5.74, 6) is 0. The molecule has 0 radical (unpaired) electrons. The Labute approximate surface area is 88.5 Å². The summed E-state index contributed by atoms with van der Waals surface area (Å²) in [6, 6.07) is 6.64. The maximum Gasteiger partial charge on any atom is 0.295 e. The highest BCUT2D eigenvalue weighted by atomic mass is 16.4. The van der Waals surface area contributed by atoms with Crippen molar-refractivity contribution in [1.29, 1.82) is 0 Å². The van der Waals surface area contributed by atoms with Gasteiger partial charge in [-0.3, -0.25) is 0 Å². The lowest BCUT2D eigenvalue weighted by Crippen LogP contribution is -2.25. The molecule has 1 aromatic carbocycles. The van der Waals surface area contributed by atoms with Crippen LogP contribution in [0.25, 0.3) is 11.1 Å². The largest absolute Gasteiger partial charge is 0.424 e. The Kier molecular flexibility index (Phi) is 2.60. The maximum absolute atomic E-state index is 5.54. The SMILES string of the molecule is Cc1ccc2nc(NC(C)CN)oc2c1. The first-order valence-electron chi connectivity index (χ1n) is 5.03. The summed E-state index contributed by atoms with van der Waals surface area (Å²) in [6.45, 7) is 4.56. The van der Waals surface area contributed by atoms with E-state index in [0.717, 1.165) is 16.7 Å². The molecule has 0 aliphatic carbocycles. The van der Waals surface area contributed by atoms with Crippen molar-refractivity contribution in [2.45, 2.75) is 19.9 Å². The molecule has 0 spiro atoms. The van der Waals surface area contributed by atoms with Crippen LogP contribution >= 0.6 is 0 Å². The number of rotatable bonds is 3. The van der Waals surface area contributed by atoms with E-state index in [9.17, 15) is 0 Å². The molecule has 0 aliphatic heterocycles. The van der Waals surface area contributed by atoms with Crippen LogP contribution in [-0.2, 0) is 0 Å². The molecule has 0 saturated heterocycles. The first-order valence-corrected chi connectivity index (χ1v) is 5.03. The van der Waals surface area contributed by atoms with Crippen LogP contribution in [0.4, 0.5) is 6.01 Å². The third kappa shape index (κ3) is 2.10. The van der Waals surface area contributed by atoms with E-state index in [1.165, 1.54) is 0 Å². The Balaban J connectivity index is 2.30. The van der Waals surface area contributed by atoms with Gasteiger partial charge in [0, 0.05) is 12.6 Å². The molecule has 2 rings (SSSR count). The fourth-order valence-electron chi connectivity index (χ4n) is 1.36. The van der Waals surface area contributed by atoms with Crippen molar-refractivity contribution in [1.82, 2.24) is 4.98 Å². The Morgan fingerprint density at radius 1 is 1.53 bits per heavy atom. The fraction of sp³-hybridized carbons (Fsp3) is 0.364. The second kappa shape index (κ2) is 3.90. The molecule has 80 valence electrons. The molecule has 1 aromatic heterocycles. The quantitative estimate of drug-likeness (QED) is 0.803. The van der Waals surface area contributed by atoms with Gasteiger partial charge in [-0.1, -0.05) is 6.07 Å². The molecule has 1 heterocycles. The molecule has 15 heavy (non-hydrogen) atoms. The summed E-state index contributed by atoms with van der Waals surface area (Å²) in [7, 11) is 0. The standard InChI is InChI=1S/C11H15N3O/c1-7-3-4-9-10(5-7)15-11(14-9)13-8(2)6-12/h3-5,8H,6,12H2,1-2H3,(H,13,14). The van der Waals surface area contributed by atoms with Gasteiger partial charge in [0.1, 0.15) is 5.52 Å². The summed E-state index contributed by atoms with van der Waals surface area (Å²) >= 11 is 0. The molecular weight excluding hydrogens is 190 g/mol. The van der Waals surface area contributed by atoms with Crippen LogP contribution < -0.4 is 11.1 Å². The van der Waals surface area contributed by atoms with Crippen molar-refractivity contribution in [2.75, 3.05) is 11.9 Å². The van der Waals surface area contributed by atoms with E-state index >= 15 is 0 Å². The number of fused-ring (bicyclic) bond motifs is 1. The van der Waals surface area contributed by atoms with Gasteiger partial charge in [-0.05, 0) is 31.5 Å². The summed E-state index contributed by atoms with van der Waals surface area (Å²) in [4.78, 5) is 4.31. The molecule has 0 bridgehead atoms. The molecule has 0 amide bonds. The van der Waals surface area contributed by atoms with Crippen molar-refractivity contribution in [2.24, 2.45) is 5.73 Å². The topological polar surface area (TPSA) is 64.1 Å². The number of nitrogens with two attached hydrogens (primary N) is 1.